The molecule has 0 aromatic heterocycles. The molecule has 43 heavy (non-hydrogen) atoms. The predicted octanol–water partition coefficient (Wildman–Crippen LogP) is 4.57. The van der Waals surface area contributed by atoms with Crippen molar-refractivity contribution in [3.8, 4) is 11.1 Å². The third-order valence-electron chi connectivity index (χ3n) is 7.91. The van der Waals surface area contributed by atoms with E-state index in [1.807, 2.05) is 78.6 Å². The van der Waals surface area contributed by atoms with Gasteiger partial charge in [-0.15, -0.1) is 0 Å². The van der Waals surface area contributed by atoms with Crippen LogP contribution in [0.15, 0.2) is 66.7 Å². The zero-order chi connectivity index (χ0) is 30.2. The maximum absolute atomic E-state index is 12.9. The summed E-state index contributed by atoms with van der Waals surface area (Å²) in [5.41, 5.74) is 6.35. The maximum atomic E-state index is 12.9. The van der Waals surface area contributed by atoms with Gasteiger partial charge < -0.3 is 25.0 Å². The molecule has 0 atom stereocenters. The van der Waals surface area contributed by atoms with Gasteiger partial charge in [-0.05, 0) is 78.4 Å². The second-order valence-corrected chi connectivity index (χ2v) is 11.2. The molecule has 0 spiro atoms. The molecule has 9 heteroatoms. The van der Waals surface area contributed by atoms with Crippen LogP contribution in [0.3, 0.4) is 0 Å². The van der Waals surface area contributed by atoms with Gasteiger partial charge in [-0.25, -0.2) is 0 Å². The Bertz CT molecular complexity index is 1410. The zero-order valence-electron chi connectivity index (χ0n) is 24.9. The molecule has 1 saturated heterocycles. The molecule has 3 amide bonds. The number of hydrogen-bond donors (Lipinski definition) is 2. The topological polar surface area (TPSA) is 100 Å². The summed E-state index contributed by atoms with van der Waals surface area (Å²) in [7, 11) is 1.61. The average molecular weight is 585 g/mol. The lowest BCUT2D eigenvalue weighted by Gasteiger charge is -2.34. The maximum Gasteiger partial charge on any atom is 0.255 e. The predicted molar refractivity (Wildman–Crippen MR) is 167 cm³/mol. The Hall–Kier alpha value is -4.05. The van der Waals surface area contributed by atoms with Crippen molar-refractivity contribution in [2.24, 2.45) is 5.92 Å². The van der Waals surface area contributed by atoms with Crippen LogP contribution < -0.4 is 10.6 Å². The Morgan fingerprint density at radius 3 is 2.21 bits per heavy atom. The van der Waals surface area contributed by atoms with Crippen LogP contribution in [0.4, 0.5) is 11.4 Å². The molecule has 1 saturated carbocycles. The number of methoxy groups -OCH3 is 1. The van der Waals surface area contributed by atoms with Crippen LogP contribution in [-0.4, -0.2) is 80.6 Å². The first-order chi connectivity index (χ1) is 20.9. The summed E-state index contributed by atoms with van der Waals surface area (Å²) in [6, 6.07) is 21.3. The number of nitrogens with zero attached hydrogens (tertiary/aromatic N) is 2. The highest BCUT2D eigenvalue weighted by Crippen LogP contribution is 2.32. The van der Waals surface area contributed by atoms with Gasteiger partial charge in [0.15, 0.2) is 0 Å². The molecule has 2 fully saturated rings. The van der Waals surface area contributed by atoms with E-state index < -0.39 is 0 Å². The Morgan fingerprint density at radius 2 is 1.53 bits per heavy atom. The molecule has 2 aliphatic rings. The zero-order valence-corrected chi connectivity index (χ0v) is 24.9. The van der Waals surface area contributed by atoms with Crippen LogP contribution in [0, 0.1) is 12.8 Å². The summed E-state index contributed by atoms with van der Waals surface area (Å²) in [5, 5.41) is 6.00. The number of carbonyl (C=O) groups is 3. The molecule has 0 bridgehead atoms. The van der Waals surface area contributed by atoms with E-state index in [1.54, 1.807) is 7.11 Å². The van der Waals surface area contributed by atoms with Gasteiger partial charge in [0.25, 0.3) is 5.91 Å². The van der Waals surface area contributed by atoms with Crippen molar-refractivity contribution in [1.82, 2.24) is 9.80 Å². The minimum absolute atomic E-state index is 0.0175. The number of nitrogens with one attached hydrogen (secondary N) is 2. The monoisotopic (exact) mass is 584 g/mol. The van der Waals surface area contributed by atoms with E-state index in [4.69, 9.17) is 9.47 Å². The van der Waals surface area contributed by atoms with Crippen molar-refractivity contribution in [1.29, 1.82) is 0 Å². The van der Waals surface area contributed by atoms with Gasteiger partial charge in [-0.3, -0.25) is 19.3 Å². The van der Waals surface area contributed by atoms with Crippen molar-refractivity contribution in [2.75, 3.05) is 63.7 Å². The second-order valence-electron chi connectivity index (χ2n) is 11.2. The molecular formula is C34H40N4O5. The lowest BCUT2D eigenvalue weighted by atomic mass is 9.98. The summed E-state index contributed by atoms with van der Waals surface area (Å²) in [6.45, 7) is 6.79. The minimum atomic E-state index is -0.173. The van der Waals surface area contributed by atoms with Gasteiger partial charge in [-0.1, -0.05) is 30.3 Å². The highest BCUT2D eigenvalue weighted by Gasteiger charge is 2.29. The molecule has 3 aromatic rings. The number of ether oxygens (including phenoxy) is 2. The third-order valence-corrected chi connectivity index (χ3v) is 7.91. The summed E-state index contributed by atoms with van der Waals surface area (Å²) in [6.07, 6.45) is 1.93. The number of amides is 3. The standard InChI is InChI=1S/C34H40N4O5/c1-24-3-12-30(36-34(41)28-10-11-28)21-31(24)26-6-8-27(9-7-26)33(40)35-29-13-4-25(5-14-29)22-37-15-17-38(18-16-37)32(39)23-43-20-19-42-2/h3-9,12-14,21,28H,10-11,15-20,22-23H2,1-2H3,(H,35,40)(H,36,41). The Morgan fingerprint density at radius 1 is 0.837 bits per heavy atom. The van der Waals surface area contributed by atoms with Crippen molar-refractivity contribution in [2.45, 2.75) is 26.3 Å². The number of benzene rings is 3. The van der Waals surface area contributed by atoms with Crippen molar-refractivity contribution >= 4 is 29.1 Å². The van der Waals surface area contributed by atoms with Crippen LogP contribution in [0.5, 0.6) is 0 Å². The molecule has 2 N–H and O–H groups in total. The fourth-order valence-electron chi connectivity index (χ4n) is 5.11. The summed E-state index contributed by atoms with van der Waals surface area (Å²) >= 11 is 0. The molecular weight excluding hydrogens is 544 g/mol. The van der Waals surface area contributed by atoms with Crippen LogP contribution in [0.25, 0.3) is 11.1 Å². The third kappa shape index (κ3) is 8.50. The van der Waals surface area contributed by atoms with Crippen LogP contribution in [-0.2, 0) is 25.6 Å². The van der Waals surface area contributed by atoms with Gasteiger partial charge in [0.1, 0.15) is 6.61 Å². The summed E-state index contributed by atoms with van der Waals surface area (Å²) in [5.74, 6) is 0.0788. The van der Waals surface area contributed by atoms with Gasteiger partial charge in [0, 0.05) is 62.7 Å². The fraction of sp³-hybridized carbons (Fsp3) is 0.382. The molecule has 0 unspecified atom stereocenters. The van der Waals surface area contributed by atoms with Gasteiger partial charge in [-0.2, -0.15) is 0 Å². The van der Waals surface area contributed by atoms with E-state index in [0.29, 0.717) is 31.9 Å². The van der Waals surface area contributed by atoms with E-state index in [-0.39, 0.29) is 30.2 Å². The molecule has 3 aromatic carbocycles. The van der Waals surface area contributed by atoms with Crippen molar-refractivity contribution < 1.29 is 23.9 Å². The Labute approximate surface area is 253 Å². The number of aryl methyl sites for hydroxylation is 1. The number of carbonyl (C=O) groups excluding carboxylic acids is 3. The number of anilines is 2. The number of piperazine rings is 1. The molecule has 1 heterocycles. The molecule has 1 aliphatic carbocycles. The smallest absolute Gasteiger partial charge is 0.255 e. The van der Waals surface area contributed by atoms with Gasteiger partial charge in [0.05, 0.1) is 13.2 Å². The minimum Gasteiger partial charge on any atom is -0.382 e. The lowest BCUT2D eigenvalue weighted by Crippen LogP contribution is -2.49. The van der Waals surface area contributed by atoms with E-state index in [9.17, 15) is 14.4 Å². The van der Waals surface area contributed by atoms with E-state index in [1.165, 1.54) is 0 Å². The van der Waals surface area contributed by atoms with Crippen molar-refractivity contribution in [3.63, 3.8) is 0 Å². The Kier molecular flexibility index (Phi) is 10.2. The quantitative estimate of drug-likeness (QED) is 0.303. The normalized spacial score (nSPS) is 15.3. The molecule has 226 valence electrons. The van der Waals surface area contributed by atoms with E-state index in [2.05, 4.69) is 15.5 Å². The van der Waals surface area contributed by atoms with E-state index in [0.717, 1.165) is 66.1 Å². The summed E-state index contributed by atoms with van der Waals surface area (Å²) in [4.78, 5) is 41.6. The molecule has 1 aliphatic heterocycles. The highest BCUT2D eigenvalue weighted by atomic mass is 16.5. The van der Waals surface area contributed by atoms with Crippen LogP contribution in [0.2, 0.25) is 0 Å². The van der Waals surface area contributed by atoms with Crippen LogP contribution in [0.1, 0.15) is 34.3 Å². The number of hydrogen-bond acceptors (Lipinski definition) is 6. The number of rotatable bonds is 12. The van der Waals surface area contributed by atoms with E-state index >= 15 is 0 Å². The molecule has 5 rings (SSSR count). The first-order valence-electron chi connectivity index (χ1n) is 14.9. The van der Waals surface area contributed by atoms with Gasteiger partial charge >= 0.3 is 0 Å². The average Bonchev–Trinajstić information content (AvgIpc) is 3.88. The SMILES string of the molecule is COCCOCC(=O)N1CCN(Cc2ccc(NC(=O)c3ccc(-c4cc(NC(=O)C5CC5)ccc4C)cc3)cc2)CC1. The van der Waals surface area contributed by atoms with Crippen molar-refractivity contribution in [3.05, 3.63) is 83.4 Å². The summed E-state index contributed by atoms with van der Waals surface area (Å²) < 4.78 is 10.3. The molecule has 0 radical (unpaired) electrons. The van der Waals surface area contributed by atoms with Gasteiger partial charge in [0.2, 0.25) is 11.8 Å². The first kappa shape index (κ1) is 30.4. The largest absolute Gasteiger partial charge is 0.382 e. The fourth-order valence-corrected chi connectivity index (χ4v) is 5.11. The highest BCUT2D eigenvalue weighted by molar-refractivity contribution is 6.04. The lowest BCUT2D eigenvalue weighted by molar-refractivity contribution is -0.138. The van der Waals surface area contributed by atoms with Crippen LogP contribution >= 0.6 is 0 Å². The Balaban J connectivity index is 1.10. The second kappa shape index (κ2) is 14.4. The molecule has 9 nitrogen and oxygen atoms in total. The first-order valence-corrected chi connectivity index (χ1v) is 14.9.